The summed E-state index contributed by atoms with van der Waals surface area (Å²) in [6, 6.07) is 2.84. The predicted molar refractivity (Wildman–Crippen MR) is 66.3 cm³/mol. The lowest BCUT2D eigenvalue weighted by atomic mass is 10.4. The van der Waals surface area contributed by atoms with E-state index in [4.69, 9.17) is 0 Å². The molecule has 1 atom stereocenters. The van der Waals surface area contributed by atoms with Crippen LogP contribution in [0.15, 0.2) is 12.1 Å². The van der Waals surface area contributed by atoms with Crippen molar-refractivity contribution in [2.75, 3.05) is 13.6 Å². The molecule has 1 aromatic rings. The van der Waals surface area contributed by atoms with Crippen LogP contribution in [0.4, 0.5) is 5.00 Å². The van der Waals surface area contributed by atoms with Gasteiger partial charge in [-0.05, 0) is 6.07 Å². The Hall–Kier alpha value is -0.950. The van der Waals surface area contributed by atoms with Gasteiger partial charge < -0.3 is 4.90 Å². The number of hydrogen-bond acceptors (Lipinski definition) is 4. The molecule has 0 N–H and O–H groups in total. The van der Waals surface area contributed by atoms with Gasteiger partial charge in [-0.1, -0.05) is 34.2 Å². The number of amides is 1. The van der Waals surface area contributed by atoms with E-state index in [2.05, 4.69) is 15.9 Å². The minimum absolute atomic E-state index is 0.0105. The first-order chi connectivity index (χ1) is 7.41. The fourth-order valence-electron chi connectivity index (χ4n) is 1.19. The normalized spacial score (nSPS) is 12.2. The van der Waals surface area contributed by atoms with Crippen molar-refractivity contribution in [3.05, 3.63) is 27.1 Å². The Kier molecular flexibility index (Phi) is 4.43. The van der Waals surface area contributed by atoms with Crippen molar-refractivity contribution < 1.29 is 9.72 Å². The van der Waals surface area contributed by atoms with Crippen molar-refractivity contribution in [2.45, 2.75) is 11.8 Å². The molecule has 0 aliphatic rings. The first-order valence-corrected chi connectivity index (χ1v) is 6.28. The Morgan fingerprint density at radius 1 is 1.69 bits per heavy atom. The minimum Gasteiger partial charge on any atom is -0.340 e. The van der Waals surface area contributed by atoms with Crippen LogP contribution >= 0.6 is 27.3 Å². The van der Waals surface area contributed by atoms with Gasteiger partial charge in [0.05, 0.1) is 9.80 Å². The van der Waals surface area contributed by atoms with Gasteiger partial charge >= 0.3 is 5.00 Å². The summed E-state index contributed by atoms with van der Waals surface area (Å²) in [7, 11) is 1.67. The second-order valence-corrected chi connectivity index (χ2v) is 5.99. The lowest BCUT2D eigenvalue weighted by molar-refractivity contribution is -0.380. The molecular formula is C9H11BrN2O3S. The average molecular weight is 307 g/mol. The number of carbonyl (C=O) groups is 1. The van der Waals surface area contributed by atoms with Crippen LogP contribution in [0, 0.1) is 10.1 Å². The molecule has 0 aliphatic carbocycles. The average Bonchev–Trinajstić information content (AvgIpc) is 2.64. The molecule has 0 aromatic carbocycles. The van der Waals surface area contributed by atoms with Gasteiger partial charge in [-0.25, -0.2) is 0 Å². The standard InChI is InChI=1S/C9H11BrN2O3S/c1-6(10)5-11(2)9(13)7-3-4-8(16-7)12(14)15/h3-4,6H,5H2,1-2H3. The van der Waals surface area contributed by atoms with Crippen LogP contribution < -0.4 is 0 Å². The molecular weight excluding hydrogens is 296 g/mol. The molecule has 16 heavy (non-hydrogen) atoms. The van der Waals surface area contributed by atoms with E-state index in [1.54, 1.807) is 7.05 Å². The van der Waals surface area contributed by atoms with Crippen LogP contribution in [0.5, 0.6) is 0 Å². The molecule has 0 bridgehead atoms. The molecule has 0 saturated heterocycles. The summed E-state index contributed by atoms with van der Waals surface area (Å²) in [5.74, 6) is -0.190. The highest BCUT2D eigenvalue weighted by Gasteiger charge is 2.18. The largest absolute Gasteiger partial charge is 0.340 e. The number of rotatable bonds is 4. The zero-order valence-electron chi connectivity index (χ0n) is 8.84. The van der Waals surface area contributed by atoms with Crippen molar-refractivity contribution in [2.24, 2.45) is 0 Å². The molecule has 1 amide bonds. The molecule has 1 rings (SSSR count). The van der Waals surface area contributed by atoms with E-state index < -0.39 is 4.92 Å². The summed E-state index contributed by atoms with van der Waals surface area (Å²) in [5.41, 5.74) is 0. The van der Waals surface area contributed by atoms with Crippen LogP contribution in [0.3, 0.4) is 0 Å². The van der Waals surface area contributed by atoms with Crippen molar-refractivity contribution in [3.8, 4) is 0 Å². The number of halogens is 1. The maximum Gasteiger partial charge on any atom is 0.324 e. The van der Waals surface area contributed by atoms with E-state index in [1.165, 1.54) is 17.0 Å². The Morgan fingerprint density at radius 3 is 2.75 bits per heavy atom. The van der Waals surface area contributed by atoms with Crippen LogP contribution in [0.25, 0.3) is 0 Å². The van der Waals surface area contributed by atoms with Crippen molar-refractivity contribution in [1.29, 1.82) is 0 Å². The Labute approximate surface area is 105 Å². The summed E-state index contributed by atoms with van der Waals surface area (Å²) in [6.07, 6.45) is 0. The molecule has 0 saturated carbocycles. The fourth-order valence-corrected chi connectivity index (χ4v) is 2.44. The molecule has 0 radical (unpaired) electrons. The smallest absolute Gasteiger partial charge is 0.324 e. The summed E-state index contributed by atoms with van der Waals surface area (Å²) in [6.45, 7) is 2.49. The first kappa shape index (κ1) is 13.1. The molecule has 5 nitrogen and oxygen atoms in total. The van der Waals surface area contributed by atoms with Gasteiger partial charge in [0.1, 0.15) is 0 Å². The van der Waals surface area contributed by atoms with E-state index in [0.29, 0.717) is 11.4 Å². The SMILES string of the molecule is CC(Br)CN(C)C(=O)c1ccc([N+](=O)[O-])s1. The molecule has 0 aliphatic heterocycles. The van der Waals surface area contributed by atoms with E-state index in [-0.39, 0.29) is 15.7 Å². The van der Waals surface area contributed by atoms with Crippen molar-refractivity contribution in [3.63, 3.8) is 0 Å². The summed E-state index contributed by atoms with van der Waals surface area (Å²) >= 11 is 4.24. The predicted octanol–water partition coefficient (Wildman–Crippen LogP) is 2.51. The second kappa shape index (κ2) is 5.40. The molecule has 0 spiro atoms. The zero-order valence-corrected chi connectivity index (χ0v) is 11.2. The third-order valence-electron chi connectivity index (χ3n) is 1.85. The van der Waals surface area contributed by atoms with E-state index >= 15 is 0 Å². The maximum atomic E-state index is 11.8. The molecule has 1 aromatic heterocycles. The fraction of sp³-hybridized carbons (Fsp3) is 0.444. The molecule has 1 unspecified atom stereocenters. The van der Waals surface area contributed by atoms with E-state index in [0.717, 1.165) is 11.3 Å². The highest BCUT2D eigenvalue weighted by molar-refractivity contribution is 9.09. The van der Waals surface area contributed by atoms with Gasteiger partial charge in [0.25, 0.3) is 5.91 Å². The highest BCUT2D eigenvalue weighted by atomic mass is 79.9. The number of alkyl halides is 1. The van der Waals surface area contributed by atoms with Crippen LogP contribution in [0.2, 0.25) is 0 Å². The summed E-state index contributed by atoms with van der Waals surface area (Å²) in [5, 5.41) is 10.5. The number of carbonyl (C=O) groups excluding carboxylic acids is 1. The van der Waals surface area contributed by atoms with Gasteiger partial charge in [0.15, 0.2) is 0 Å². The van der Waals surface area contributed by atoms with E-state index in [9.17, 15) is 14.9 Å². The maximum absolute atomic E-state index is 11.8. The summed E-state index contributed by atoms with van der Waals surface area (Å²) in [4.78, 5) is 23.9. The lowest BCUT2D eigenvalue weighted by Gasteiger charge is -2.17. The highest BCUT2D eigenvalue weighted by Crippen LogP contribution is 2.24. The number of nitro groups is 1. The second-order valence-electron chi connectivity index (χ2n) is 3.36. The topological polar surface area (TPSA) is 63.5 Å². The van der Waals surface area contributed by atoms with Crippen LogP contribution in [-0.2, 0) is 0 Å². The van der Waals surface area contributed by atoms with Crippen LogP contribution in [-0.4, -0.2) is 34.2 Å². The monoisotopic (exact) mass is 306 g/mol. The van der Waals surface area contributed by atoms with Crippen LogP contribution in [0.1, 0.15) is 16.6 Å². The lowest BCUT2D eigenvalue weighted by Crippen LogP contribution is -2.30. The van der Waals surface area contributed by atoms with Gasteiger partial charge in [-0.2, -0.15) is 0 Å². The van der Waals surface area contributed by atoms with Crippen molar-refractivity contribution in [1.82, 2.24) is 4.90 Å². The zero-order chi connectivity index (χ0) is 12.3. The third kappa shape index (κ3) is 3.28. The van der Waals surface area contributed by atoms with Crippen molar-refractivity contribution >= 4 is 38.2 Å². The van der Waals surface area contributed by atoms with Gasteiger partial charge in [-0.3, -0.25) is 14.9 Å². The first-order valence-electron chi connectivity index (χ1n) is 4.55. The quantitative estimate of drug-likeness (QED) is 0.488. The molecule has 1 heterocycles. The molecule has 0 fully saturated rings. The summed E-state index contributed by atoms with van der Waals surface area (Å²) < 4.78 is 0. The number of thiophene rings is 1. The Morgan fingerprint density at radius 2 is 2.31 bits per heavy atom. The minimum atomic E-state index is -0.492. The third-order valence-corrected chi connectivity index (χ3v) is 3.17. The number of hydrogen-bond donors (Lipinski definition) is 0. The number of nitrogens with zero attached hydrogens (tertiary/aromatic N) is 2. The van der Waals surface area contributed by atoms with Gasteiger partial charge in [0, 0.05) is 24.5 Å². The Balaban J connectivity index is 2.76. The molecule has 88 valence electrons. The van der Waals surface area contributed by atoms with Gasteiger partial charge in [-0.15, -0.1) is 0 Å². The Bertz CT molecular complexity index is 405. The van der Waals surface area contributed by atoms with Gasteiger partial charge in [0.2, 0.25) is 0 Å². The van der Waals surface area contributed by atoms with E-state index in [1.807, 2.05) is 6.92 Å². The molecule has 7 heteroatoms.